The molecule has 0 aliphatic carbocycles. The monoisotopic (exact) mass is 350 g/mol. The summed E-state index contributed by atoms with van der Waals surface area (Å²) in [5.41, 5.74) is 6.85. The highest BCUT2D eigenvalue weighted by Crippen LogP contribution is 2.19. The fraction of sp³-hybridized carbons (Fsp3) is 0.176. The summed E-state index contributed by atoms with van der Waals surface area (Å²) in [7, 11) is 1.57. The number of nitrogens with zero attached hydrogens (tertiary/aromatic N) is 1. The van der Waals surface area contributed by atoms with Crippen molar-refractivity contribution >= 4 is 29.2 Å². The van der Waals surface area contributed by atoms with E-state index in [9.17, 15) is 14.0 Å². The van der Waals surface area contributed by atoms with Crippen molar-refractivity contribution in [2.75, 3.05) is 19.4 Å². The molecule has 7 heteroatoms. The van der Waals surface area contributed by atoms with E-state index in [4.69, 9.17) is 22.1 Å². The van der Waals surface area contributed by atoms with E-state index in [-0.39, 0.29) is 29.5 Å². The molecule has 5 nitrogen and oxygen atoms in total. The number of carbonyl (C=O) groups excluding carboxylic acids is 2. The Morgan fingerprint density at radius 1 is 1.21 bits per heavy atom. The number of benzene rings is 2. The minimum absolute atomic E-state index is 0.214. The third kappa shape index (κ3) is 4.70. The second-order valence-electron chi connectivity index (χ2n) is 5.19. The molecule has 0 saturated heterocycles. The zero-order chi connectivity index (χ0) is 17.7. The molecule has 24 heavy (non-hydrogen) atoms. The van der Waals surface area contributed by atoms with Crippen molar-refractivity contribution in [1.82, 2.24) is 4.90 Å². The number of ether oxygens (including phenoxy) is 1. The van der Waals surface area contributed by atoms with Gasteiger partial charge in [-0.15, -0.1) is 0 Å². The lowest BCUT2D eigenvalue weighted by Gasteiger charge is -2.17. The van der Waals surface area contributed by atoms with E-state index in [0.29, 0.717) is 5.02 Å². The highest BCUT2D eigenvalue weighted by molar-refractivity contribution is 6.33. The molecule has 0 heterocycles. The van der Waals surface area contributed by atoms with E-state index in [1.165, 1.54) is 35.2 Å². The van der Waals surface area contributed by atoms with Crippen LogP contribution in [0.1, 0.15) is 15.9 Å². The van der Waals surface area contributed by atoms with Crippen LogP contribution in [0.5, 0.6) is 0 Å². The Morgan fingerprint density at radius 3 is 2.50 bits per heavy atom. The van der Waals surface area contributed by atoms with Gasteiger partial charge in [-0.05, 0) is 35.9 Å². The number of nitrogens with two attached hydrogens (primary N) is 1. The first-order valence-electron chi connectivity index (χ1n) is 7.07. The van der Waals surface area contributed by atoms with Crippen LogP contribution in [0.2, 0.25) is 5.02 Å². The lowest BCUT2D eigenvalue weighted by molar-refractivity contribution is -0.133. The quantitative estimate of drug-likeness (QED) is 0.664. The summed E-state index contributed by atoms with van der Waals surface area (Å²) in [6.45, 7) is -0.121. The first-order chi connectivity index (χ1) is 11.4. The number of carbonyl (C=O) groups is 2. The maximum Gasteiger partial charge on any atom is 0.338 e. The minimum atomic E-state index is -0.665. The molecule has 0 aromatic heterocycles. The van der Waals surface area contributed by atoms with Crippen LogP contribution in [0, 0.1) is 5.82 Å². The number of likely N-dealkylation sites (N-methyl/N-ethyl adjacent to an activating group) is 1. The van der Waals surface area contributed by atoms with Crippen LogP contribution in [0.3, 0.4) is 0 Å². The molecule has 0 aliphatic rings. The summed E-state index contributed by atoms with van der Waals surface area (Å²) in [4.78, 5) is 25.3. The second-order valence-corrected chi connectivity index (χ2v) is 5.60. The number of hydrogen-bond acceptors (Lipinski definition) is 4. The van der Waals surface area contributed by atoms with Crippen LogP contribution >= 0.6 is 11.6 Å². The van der Waals surface area contributed by atoms with Crippen LogP contribution in [0.4, 0.5) is 10.1 Å². The van der Waals surface area contributed by atoms with Crippen LogP contribution in [0.15, 0.2) is 42.5 Å². The molecule has 0 spiro atoms. The van der Waals surface area contributed by atoms with Gasteiger partial charge < -0.3 is 15.4 Å². The molecule has 126 valence electrons. The zero-order valence-electron chi connectivity index (χ0n) is 13.0. The number of esters is 1. The molecule has 2 rings (SSSR count). The van der Waals surface area contributed by atoms with E-state index in [2.05, 4.69) is 0 Å². The fourth-order valence-electron chi connectivity index (χ4n) is 1.94. The van der Waals surface area contributed by atoms with Crippen molar-refractivity contribution < 1.29 is 18.7 Å². The first kappa shape index (κ1) is 17.7. The van der Waals surface area contributed by atoms with Crippen molar-refractivity contribution in [3.05, 3.63) is 64.4 Å². The third-order valence-electron chi connectivity index (χ3n) is 3.32. The van der Waals surface area contributed by atoms with Gasteiger partial charge in [0.05, 0.1) is 16.3 Å². The maximum absolute atomic E-state index is 12.9. The Bertz CT molecular complexity index is 750. The Labute approximate surface area is 143 Å². The number of halogens is 2. The van der Waals surface area contributed by atoms with Gasteiger partial charge in [-0.3, -0.25) is 4.79 Å². The molecule has 1 amide bonds. The van der Waals surface area contributed by atoms with Crippen LogP contribution in [-0.4, -0.2) is 30.4 Å². The fourth-order valence-corrected chi connectivity index (χ4v) is 2.06. The zero-order valence-corrected chi connectivity index (χ0v) is 13.7. The van der Waals surface area contributed by atoms with Gasteiger partial charge in [-0.25, -0.2) is 9.18 Å². The number of anilines is 1. The number of nitrogen functional groups attached to an aromatic ring is 1. The Kier molecular flexibility index (Phi) is 5.76. The molecule has 0 aliphatic heterocycles. The molecule has 0 atom stereocenters. The molecule has 2 N–H and O–H groups in total. The van der Waals surface area contributed by atoms with E-state index < -0.39 is 12.6 Å². The van der Waals surface area contributed by atoms with Gasteiger partial charge in [-0.1, -0.05) is 23.7 Å². The van der Waals surface area contributed by atoms with Gasteiger partial charge in [0, 0.05) is 13.6 Å². The van der Waals surface area contributed by atoms with Crippen molar-refractivity contribution in [3.63, 3.8) is 0 Å². The van der Waals surface area contributed by atoms with Gasteiger partial charge in [0.2, 0.25) is 0 Å². The predicted molar refractivity (Wildman–Crippen MR) is 89.0 cm³/mol. The Balaban J connectivity index is 1.88. The van der Waals surface area contributed by atoms with Crippen molar-refractivity contribution in [2.24, 2.45) is 0 Å². The van der Waals surface area contributed by atoms with Crippen molar-refractivity contribution in [1.29, 1.82) is 0 Å². The smallest absolute Gasteiger partial charge is 0.338 e. The third-order valence-corrected chi connectivity index (χ3v) is 3.66. The summed E-state index contributed by atoms with van der Waals surface area (Å²) in [6.07, 6.45) is 0. The van der Waals surface area contributed by atoms with E-state index in [1.54, 1.807) is 19.2 Å². The molecular formula is C17H16ClFN2O3. The van der Waals surface area contributed by atoms with Gasteiger partial charge in [0.25, 0.3) is 5.91 Å². The van der Waals surface area contributed by atoms with Crippen LogP contribution in [-0.2, 0) is 16.1 Å². The Morgan fingerprint density at radius 2 is 1.88 bits per heavy atom. The predicted octanol–water partition coefficient (Wildman–Crippen LogP) is 2.88. The summed E-state index contributed by atoms with van der Waals surface area (Å²) in [5, 5.41) is 0.335. The molecule has 0 fully saturated rings. The average Bonchev–Trinajstić information content (AvgIpc) is 2.56. The van der Waals surface area contributed by atoms with E-state index in [0.717, 1.165) is 5.56 Å². The summed E-state index contributed by atoms with van der Waals surface area (Å²) < 4.78 is 17.8. The lowest BCUT2D eigenvalue weighted by Crippen LogP contribution is -2.30. The number of amides is 1. The molecular weight excluding hydrogens is 335 g/mol. The standard InChI is InChI=1S/C17H16ClFN2O3/c1-21(9-11-2-5-13(19)6-3-11)16(22)10-24-17(23)12-4-7-14(18)15(20)8-12/h2-8H,9-10,20H2,1H3. The molecule has 0 unspecified atom stereocenters. The summed E-state index contributed by atoms with van der Waals surface area (Å²) in [5.74, 6) is -1.39. The van der Waals surface area contributed by atoms with Gasteiger partial charge >= 0.3 is 5.97 Å². The molecule has 0 saturated carbocycles. The summed E-state index contributed by atoms with van der Waals surface area (Å²) in [6, 6.07) is 10.1. The average molecular weight is 351 g/mol. The number of hydrogen-bond donors (Lipinski definition) is 1. The summed E-state index contributed by atoms with van der Waals surface area (Å²) >= 11 is 5.78. The van der Waals surface area contributed by atoms with Crippen molar-refractivity contribution in [3.8, 4) is 0 Å². The SMILES string of the molecule is CN(Cc1ccc(F)cc1)C(=O)COC(=O)c1ccc(Cl)c(N)c1. The highest BCUT2D eigenvalue weighted by Gasteiger charge is 2.14. The van der Waals surface area contributed by atoms with Crippen molar-refractivity contribution in [2.45, 2.75) is 6.54 Å². The molecule has 0 bridgehead atoms. The Hall–Kier alpha value is -2.60. The maximum atomic E-state index is 12.9. The topological polar surface area (TPSA) is 72.6 Å². The van der Waals surface area contributed by atoms with Gasteiger partial charge in [0.1, 0.15) is 5.82 Å². The van der Waals surface area contributed by atoms with E-state index >= 15 is 0 Å². The highest BCUT2D eigenvalue weighted by atomic mass is 35.5. The second kappa shape index (κ2) is 7.79. The van der Waals surface area contributed by atoms with Crippen LogP contribution < -0.4 is 5.73 Å². The first-order valence-corrected chi connectivity index (χ1v) is 7.45. The van der Waals surface area contributed by atoms with E-state index in [1.807, 2.05) is 0 Å². The normalized spacial score (nSPS) is 10.3. The largest absolute Gasteiger partial charge is 0.452 e. The minimum Gasteiger partial charge on any atom is -0.452 e. The van der Waals surface area contributed by atoms with Gasteiger partial charge in [0.15, 0.2) is 6.61 Å². The van der Waals surface area contributed by atoms with Crippen LogP contribution in [0.25, 0.3) is 0 Å². The molecule has 0 radical (unpaired) electrons. The number of rotatable bonds is 5. The van der Waals surface area contributed by atoms with Gasteiger partial charge in [-0.2, -0.15) is 0 Å². The molecule has 2 aromatic carbocycles. The molecule has 2 aromatic rings. The lowest BCUT2D eigenvalue weighted by atomic mass is 10.2.